The number of benzene rings is 3. The van der Waals surface area contributed by atoms with Crippen LogP contribution in [0.15, 0.2) is 83.9 Å². The molecule has 1 N–H and O–H groups in total. The van der Waals surface area contributed by atoms with Crippen LogP contribution in [-0.2, 0) is 4.79 Å². The third kappa shape index (κ3) is 3.39. The zero-order valence-corrected chi connectivity index (χ0v) is 16.9. The first-order valence-electron chi connectivity index (χ1n) is 10.4. The van der Waals surface area contributed by atoms with Gasteiger partial charge in [-0.15, -0.1) is 0 Å². The van der Waals surface area contributed by atoms with E-state index in [-0.39, 0.29) is 23.7 Å². The molecule has 2 aliphatic rings. The van der Waals surface area contributed by atoms with Crippen LogP contribution in [0.2, 0.25) is 0 Å². The lowest BCUT2D eigenvalue weighted by Gasteiger charge is -2.34. The summed E-state index contributed by atoms with van der Waals surface area (Å²) in [5, 5.41) is 3.62. The van der Waals surface area contributed by atoms with Crippen molar-refractivity contribution in [2.75, 3.05) is 12.4 Å². The maximum absolute atomic E-state index is 13.5. The third-order valence-electron chi connectivity index (χ3n) is 6.17. The molecule has 1 fully saturated rings. The predicted octanol–water partition coefficient (Wildman–Crippen LogP) is 5.70. The van der Waals surface area contributed by atoms with E-state index in [9.17, 15) is 4.79 Å². The van der Waals surface area contributed by atoms with E-state index in [1.165, 1.54) is 0 Å². The largest absolute Gasteiger partial charge is 0.497 e. The molecule has 0 aromatic heterocycles. The molecule has 150 valence electrons. The number of carbonyl (C=O) groups is 1. The number of carbonyl (C=O) groups excluding carboxylic acids is 1. The molecule has 3 aromatic carbocycles. The van der Waals surface area contributed by atoms with Crippen molar-refractivity contribution in [3.8, 4) is 5.75 Å². The lowest BCUT2D eigenvalue weighted by molar-refractivity contribution is -0.122. The molecule has 4 heteroatoms. The lowest BCUT2D eigenvalue weighted by atomic mass is 9.72. The molecule has 0 saturated heterocycles. The summed E-state index contributed by atoms with van der Waals surface area (Å²) in [4.78, 5) is 18.5. The molecule has 3 aromatic rings. The van der Waals surface area contributed by atoms with Crippen LogP contribution in [0.25, 0.3) is 0 Å². The van der Waals surface area contributed by atoms with E-state index >= 15 is 0 Å². The summed E-state index contributed by atoms with van der Waals surface area (Å²) in [7, 11) is 1.66. The second-order valence-electron chi connectivity index (χ2n) is 7.98. The van der Waals surface area contributed by atoms with Gasteiger partial charge in [0.25, 0.3) is 0 Å². The maximum Gasteiger partial charge on any atom is 0.144 e. The summed E-state index contributed by atoms with van der Waals surface area (Å²) in [5.41, 5.74) is 5.12. The van der Waals surface area contributed by atoms with Gasteiger partial charge >= 0.3 is 0 Å². The van der Waals surface area contributed by atoms with Crippen molar-refractivity contribution >= 4 is 22.9 Å². The predicted molar refractivity (Wildman–Crippen MR) is 120 cm³/mol. The van der Waals surface area contributed by atoms with E-state index < -0.39 is 0 Å². The number of fused-ring (bicyclic) bond motifs is 2. The van der Waals surface area contributed by atoms with Crippen LogP contribution in [0.5, 0.6) is 5.75 Å². The van der Waals surface area contributed by atoms with E-state index in [1.54, 1.807) is 7.11 Å². The van der Waals surface area contributed by atoms with Crippen molar-refractivity contribution in [3.05, 3.63) is 90.0 Å². The van der Waals surface area contributed by atoms with Gasteiger partial charge in [-0.2, -0.15) is 0 Å². The average Bonchev–Trinajstić information content (AvgIpc) is 2.96. The highest BCUT2D eigenvalue weighted by Gasteiger charge is 2.41. The molecule has 0 amide bonds. The smallest absolute Gasteiger partial charge is 0.144 e. The van der Waals surface area contributed by atoms with Crippen LogP contribution < -0.4 is 10.1 Å². The number of rotatable bonds is 3. The zero-order valence-electron chi connectivity index (χ0n) is 16.9. The monoisotopic (exact) mass is 396 g/mol. The van der Waals surface area contributed by atoms with Crippen molar-refractivity contribution in [1.29, 1.82) is 0 Å². The van der Waals surface area contributed by atoms with E-state index in [1.807, 2.05) is 54.6 Å². The van der Waals surface area contributed by atoms with Gasteiger partial charge in [-0.25, -0.2) is 0 Å². The minimum Gasteiger partial charge on any atom is -0.497 e. The molecule has 0 bridgehead atoms. The van der Waals surface area contributed by atoms with Crippen molar-refractivity contribution in [1.82, 2.24) is 0 Å². The van der Waals surface area contributed by atoms with Crippen LogP contribution in [0.1, 0.15) is 35.9 Å². The second kappa shape index (κ2) is 7.79. The molecular formula is C26H24N2O2. The molecule has 4 nitrogen and oxygen atoms in total. The highest BCUT2D eigenvalue weighted by atomic mass is 16.5. The van der Waals surface area contributed by atoms with Crippen LogP contribution >= 0.6 is 0 Å². The second-order valence-corrected chi connectivity index (χ2v) is 7.98. The first-order valence-corrected chi connectivity index (χ1v) is 10.4. The van der Waals surface area contributed by atoms with Gasteiger partial charge in [0, 0.05) is 12.1 Å². The molecule has 5 rings (SSSR count). The molecule has 0 spiro atoms. The quantitative estimate of drug-likeness (QED) is 0.618. The number of ether oxygens (including phenoxy) is 1. The van der Waals surface area contributed by atoms with Gasteiger partial charge in [-0.05, 0) is 47.7 Å². The maximum atomic E-state index is 13.5. The summed E-state index contributed by atoms with van der Waals surface area (Å²) < 4.78 is 5.28. The van der Waals surface area contributed by atoms with E-state index in [2.05, 4.69) is 29.6 Å². The van der Waals surface area contributed by atoms with Gasteiger partial charge in [0.15, 0.2) is 0 Å². The minimum absolute atomic E-state index is 0.113. The summed E-state index contributed by atoms with van der Waals surface area (Å²) in [6, 6.07) is 26.2. The van der Waals surface area contributed by atoms with Crippen molar-refractivity contribution in [3.63, 3.8) is 0 Å². The molecule has 1 aliphatic heterocycles. The van der Waals surface area contributed by atoms with Gasteiger partial charge in [-0.3, -0.25) is 9.79 Å². The fraction of sp³-hybridized carbons (Fsp3) is 0.231. The Bertz CT molecular complexity index is 1090. The Morgan fingerprint density at radius 2 is 1.60 bits per heavy atom. The van der Waals surface area contributed by atoms with E-state index in [4.69, 9.17) is 9.73 Å². The third-order valence-corrected chi connectivity index (χ3v) is 6.17. The van der Waals surface area contributed by atoms with Crippen LogP contribution in [0.3, 0.4) is 0 Å². The summed E-state index contributed by atoms with van der Waals surface area (Å²) >= 11 is 0. The number of hydrogen-bond acceptors (Lipinski definition) is 4. The number of Topliss-reactive ketones (excluding diaryl/α,β-unsaturated/α-hetero) is 1. The molecular weight excluding hydrogens is 372 g/mol. The Labute approximate surface area is 176 Å². The summed E-state index contributed by atoms with van der Waals surface area (Å²) in [6.07, 6.45) is 1.31. The number of nitrogens with zero attached hydrogens (tertiary/aromatic N) is 1. The fourth-order valence-electron chi connectivity index (χ4n) is 4.65. The average molecular weight is 396 g/mol. The van der Waals surface area contributed by atoms with Gasteiger partial charge in [0.2, 0.25) is 0 Å². The SMILES string of the molecule is COc1ccc([C@@H]2CC(=O)C3C(=Nc4ccccc4N[C@@H]3c3ccccc3)C2)cc1. The molecule has 1 unspecified atom stereocenters. The van der Waals surface area contributed by atoms with Gasteiger partial charge in [0.1, 0.15) is 11.5 Å². The lowest BCUT2D eigenvalue weighted by Crippen LogP contribution is -2.38. The topological polar surface area (TPSA) is 50.7 Å². The van der Waals surface area contributed by atoms with Crippen LogP contribution in [0.4, 0.5) is 11.4 Å². The minimum atomic E-state index is -0.255. The van der Waals surface area contributed by atoms with E-state index in [0.29, 0.717) is 6.42 Å². The van der Waals surface area contributed by atoms with Crippen molar-refractivity contribution in [2.45, 2.75) is 24.8 Å². The van der Waals surface area contributed by atoms with Crippen molar-refractivity contribution < 1.29 is 9.53 Å². The van der Waals surface area contributed by atoms with Gasteiger partial charge in [0.05, 0.1) is 30.4 Å². The zero-order chi connectivity index (χ0) is 20.5. The van der Waals surface area contributed by atoms with Gasteiger partial charge < -0.3 is 10.1 Å². The highest BCUT2D eigenvalue weighted by Crippen LogP contribution is 2.43. The molecule has 1 aliphatic carbocycles. The summed E-state index contributed by atoms with van der Waals surface area (Å²) in [5.74, 6) is 0.956. The molecule has 1 heterocycles. The summed E-state index contributed by atoms with van der Waals surface area (Å²) in [6.45, 7) is 0. The van der Waals surface area contributed by atoms with Gasteiger partial charge in [-0.1, -0.05) is 54.6 Å². The number of anilines is 1. The van der Waals surface area contributed by atoms with Crippen LogP contribution in [-0.4, -0.2) is 18.6 Å². The first kappa shape index (κ1) is 18.6. The normalized spacial score (nSPS) is 22.8. The number of para-hydroxylation sites is 2. The molecule has 1 saturated carbocycles. The standard InChI is InChI=1S/C26H24N2O2/c1-30-20-13-11-17(12-14-20)19-15-23-25(24(29)16-19)26(18-7-3-2-4-8-18)28-22-10-6-5-9-21(22)27-23/h2-14,19,25-26,28H,15-16H2,1H3/t19-,25?,26+/m0/s1. The Morgan fingerprint density at radius 1 is 0.867 bits per heavy atom. The fourth-order valence-corrected chi connectivity index (χ4v) is 4.65. The Morgan fingerprint density at radius 3 is 2.37 bits per heavy atom. The number of nitrogens with one attached hydrogen (secondary N) is 1. The molecule has 0 radical (unpaired) electrons. The number of ketones is 1. The number of aliphatic imine (C=N–C) groups is 1. The number of methoxy groups -OCH3 is 1. The Hall–Kier alpha value is -3.40. The Kier molecular flexibility index (Phi) is 4.83. The number of hydrogen-bond donors (Lipinski definition) is 1. The van der Waals surface area contributed by atoms with Crippen LogP contribution in [0, 0.1) is 5.92 Å². The molecule has 3 atom stereocenters. The first-order chi connectivity index (χ1) is 14.7. The van der Waals surface area contributed by atoms with Crippen molar-refractivity contribution in [2.24, 2.45) is 10.9 Å². The van der Waals surface area contributed by atoms with E-state index in [0.717, 1.165) is 40.4 Å². The Balaban J connectivity index is 1.56. The molecule has 30 heavy (non-hydrogen) atoms. The highest BCUT2D eigenvalue weighted by molar-refractivity contribution is 6.10.